The first kappa shape index (κ1) is 20.1. The van der Waals surface area contributed by atoms with Crippen molar-refractivity contribution >= 4 is 40.8 Å². The lowest BCUT2D eigenvalue weighted by molar-refractivity contribution is -0.123. The van der Waals surface area contributed by atoms with Gasteiger partial charge in [0.05, 0.1) is 23.2 Å². The molecule has 2 heterocycles. The highest BCUT2D eigenvalue weighted by Crippen LogP contribution is 2.20. The fourth-order valence-corrected chi connectivity index (χ4v) is 2.52. The van der Waals surface area contributed by atoms with Crippen LogP contribution in [0.15, 0.2) is 65.4 Å². The highest BCUT2D eigenvalue weighted by atomic mass is 35.5. The Kier molecular flexibility index (Phi) is 6.25. The number of amides is 2. The van der Waals surface area contributed by atoms with Crippen LogP contribution >= 0.6 is 11.6 Å². The minimum Gasteiger partial charge on any atom is -0.459 e. The Morgan fingerprint density at radius 2 is 1.79 bits per heavy atom. The monoisotopic (exact) mass is 413 g/mol. The number of carbonyl (C=O) groups is 3. The zero-order chi connectivity index (χ0) is 20.8. The third kappa shape index (κ3) is 4.99. The van der Waals surface area contributed by atoms with Crippen LogP contribution in [0.4, 0.5) is 11.4 Å². The van der Waals surface area contributed by atoms with Gasteiger partial charge in [-0.15, -0.1) is 0 Å². The number of anilines is 2. The molecular formula is C20H16ClN3O5. The number of furan rings is 1. The predicted octanol–water partition coefficient (Wildman–Crippen LogP) is 3.76. The van der Waals surface area contributed by atoms with Gasteiger partial charge in [-0.3, -0.25) is 9.59 Å². The van der Waals surface area contributed by atoms with E-state index in [1.807, 2.05) is 0 Å². The molecule has 2 aromatic heterocycles. The van der Waals surface area contributed by atoms with Gasteiger partial charge in [0.25, 0.3) is 11.8 Å². The van der Waals surface area contributed by atoms with Gasteiger partial charge in [0.1, 0.15) is 0 Å². The van der Waals surface area contributed by atoms with Crippen LogP contribution in [0, 0.1) is 0 Å². The minimum atomic E-state index is -1.12. The summed E-state index contributed by atoms with van der Waals surface area (Å²) in [6, 6.07) is 12.5. The number of hydrogen-bond acceptors (Lipinski definition) is 6. The standard InChI is InChI=1S/C20H16ClN3O5/c1-12(18(25)24-15-8-4-10-22-17(15)21)29-20(27)13-6-2-3-7-14(13)23-19(26)16-9-5-11-28-16/h2-12H,1H3,(H,23,26)(H,24,25)/t12-/m1/s1. The summed E-state index contributed by atoms with van der Waals surface area (Å²) in [5.74, 6) is -1.79. The van der Waals surface area contributed by atoms with E-state index in [4.69, 9.17) is 20.8 Å². The van der Waals surface area contributed by atoms with Crippen LogP contribution in [0.2, 0.25) is 5.15 Å². The van der Waals surface area contributed by atoms with Gasteiger partial charge in [0, 0.05) is 6.20 Å². The molecule has 3 aromatic rings. The summed E-state index contributed by atoms with van der Waals surface area (Å²) in [7, 11) is 0. The molecule has 0 fully saturated rings. The van der Waals surface area contributed by atoms with E-state index in [1.54, 1.807) is 30.3 Å². The topological polar surface area (TPSA) is 111 Å². The summed E-state index contributed by atoms with van der Waals surface area (Å²) in [4.78, 5) is 40.9. The summed E-state index contributed by atoms with van der Waals surface area (Å²) in [5, 5.41) is 5.24. The molecular weight excluding hydrogens is 398 g/mol. The molecule has 0 unspecified atom stereocenters. The van der Waals surface area contributed by atoms with Crippen molar-refractivity contribution in [3.8, 4) is 0 Å². The van der Waals surface area contributed by atoms with E-state index < -0.39 is 23.9 Å². The number of esters is 1. The van der Waals surface area contributed by atoms with Gasteiger partial charge in [-0.2, -0.15) is 0 Å². The largest absolute Gasteiger partial charge is 0.459 e. The third-order valence-corrected chi connectivity index (χ3v) is 4.11. The highest BCUT2D eigenvalue weighted by Gasteiger charge is 2.22. The zero-order valence-electron chi connectivity index (χ0n) is 15.2. The van der Waals surface area contributed by atoms with Gasteiger partial charge in [0.15, 0.2) is 17.0 Å². The Balaban J connectivity index is 1.68. The molecule has 29 heavy (non-hydrogen) atoms. The molecule has 3 rings (SSSR count). The predicted molar refractivity (Wildman–Crippen MR) is 106 cm³/mol. The molecule has 8 nitrogen and oxygen atoms in total. The molecule has 148 valence electrons. The Bertz CT molecular complexity index is 1040. The lowest BCUT2D eigenvalue weighted by Gasteiger charge is -2.15. The second-order valence-electron chi connectivity index (χ2n) is 5.86. The van der Waals surface area contributed by atoms with Crippen molar-refractivity contribution in [3.63, 3.8) is 0 Å². The Hall–Kier alpha value is -3.65. The summed E-state index contributed by atoms with van der Waals surface area (Å²) in [5.41, 5.74) is 0.612. The number of aromatic nitrogens is 1. The second-order valence-corrected chi connectivity index (χ2v) is 6.21. The third-order valence-electron chi connectivity index (χ3n) is 3.81. The van der Waals surface area contributed by atoms with Gasteiger partial charge in [-0.1, -0.05) is 23.7 Å². The van der Waals surface area contributed by atoms with Gasteiger partial charge in [0.2, 0.25) is 0 Å². The average Bonchev–Trinajstić information content (AvgIpc) is 3.25. The van der Waals surface area contributed by atoms with Crippen molar-refractivity contribution in [2.24, 2.45) is 0 Å². The first-order valence-corrected chi connectivity index (χ1v) is 8.89. The molecule has 0 aliphatic heterocycles. The van der Waals surface area contributed by atoms with Crippen LogP contribution in [-0.2, 0) is 9.53 Å². The first-order chi connectivity index (χ1) is 14.0. The first-order valence-electron chi connectivity index (χ1n) is 8.52. The summed E-state index contributed by atoms with van der Waals surface area (Å²) >= 11 is 5.90. The van der Waals surface area contributed by atoms with Crippen LogP contribution in [0.25, 0.3) is 0 Å². The van der Waals surface area contributed by atoms with E-state index in [0.29, 0.717) is 5.69 Å². The van der Waals surface area contributed by atoms with Crippen molar-refractivity contribution in [2.45, 2.75) is 13.0 Å². The Morgan fingerprint density at radius 3 is 2.52 bits per heavy atom. The molecule has 1 aromatic carbocycles. The number of halogens is 1. The van der Waals surface area contributed by atoms with Crippen LogP contribution in [-0.4, -0.2) is 28.9 Å². The SMILES string of the molecule is C[C@@H](OC(=O)c1ccccc1NC(=O)c1ccco1)C(=O)Nc1cccnc1Cl. The molecule has 0 saturated heterocycles. The highest BCUT2D eigenvalue weighted by molar-refractivity contribution is 6.32. The number of benzene rings is 1. The summed E-state index contributed by atoms with van der Waals surface area (Å²) in [6.07, 6.45) is 1.73. The molecule has 0 aliphatic carbocycles. The van der Waals surface area contributed by atoms with Crippen molar-refractivity contribution in [1.82, 2.24) is 4.98 Å². The van der Waals surface area contributed by atoms with E-state index in [1.165, 1.54) is 37.6 Å². The maximum absolute atomic E-state index is 12.6. The van der Waals surface area contributed by atoms with E-state index in [-0.39, 0.29) is 22.2 Å². The molecule has 0 aliphatic rings. The fraction of sp³-hybridized carbons (Fsp3) is 0.100. The lowest BCUT2D eigenvalue weighted by Crippen LogP contribution is -2.30. The fourth-order valence-electron chi connectivity index (χ4n) is 2.35. The number of rotatable bonds is 6. The van der Waals surface area contributed by atoms with Crippen molar-refractivity contribution in [2.75, 3.05) is 10.6 Å². The molecule has 0 radical (unpaired) electrons. The number of carbonyl (C=O) groups excluding carboxylic acids is 3. The lowest BCUT2D eigenvalue weighted by atomic mass is 10.1. The van der Waals surface area contributed by atoms with Gasteiger partial charge < -0.3 is 19.8 Å². The average molecular weight is 414 g/mol. The number of ether oxygens (including phenoxy) is 1. The summed E-state index contributed by atoms with van der Waals surface area (Å²) < 4.78 is 10.3. The van der Waals surface area contributed by atoms with Crippen molar-refractivity contribution in [1.29, 1.82) is 0 Å². The maximum atomic E-state index is 12.6. The molecule has 0 bridgehead atoms. The number of nitrogens with one attached hydrogen (secondary N) is 2. The van der Waals surface area contributed by atoms with Gasteiger partial charge in [-0.25, -0.2) is 9.78 Å². The number of hydrogen-bond donors (Lipinski definition) is 2. The molecule has 9 heteroatoms. The quantitative estimate of drug-likeness (QED) is 0.470. The molecule has 0 saturated carbocycles. The number of para-hydroxylation sites is 1. The molecule has 1 atom stereocenters. The molecule has 2 amide bonds. The van der Waals surface area contributed by atoms with Crippen LogP contribution in [0.3, 0.4) is 0 Å². The smallest absolute Gasteiger partial charge is 0.341 e. The van der Waals surface area contributed by atoms with E-state index in [0.717, 1.165) is 0 Å². The molecule has 0 spiro atoms. The van der Waals surface area contributed by atoms with E-state index in [2.05, 4.69) is 15.6 Å². The van der Waals surface area contributed by atoms with Crippen LogP contribution < -0.4 is 10.6 Å². The summed E-state index contributed by atoms with van der Waals surface area (Å²) in [6.45, 7) is 1.42. The zero-order valence-corrected chi connectivity index (χ0v) is 16.0. The minimum absolute atomic E-state index is 0.0893. The van der Waals surface area contributed by atoms with E-state index in [9.17, 15) is 14.4 Å². The number of pyridine rings is 1. The normalized spacial score (nSPS) is 11.4. The molecule has 2 N–H and O–H groups in total. The van der Waals surface area contributed by atoms with Crippen molar-refractivity contribution in [3.05, 3.63) is 77.5 Å². The van der Waals surface area contributed by atoms with Crippen LogP contribution in [0.5, 0.6) is 0 Å². The van der Waals surface area contributed by atoms with Crippen LogP contribution in [0.1, 0.15) is 27.8 Å². The van der Waals surface area contributed by atoms with Gasteiger partial charge in [-0.05, 0) is 43.3 Å². The Labute approximate surface area is 170 Å². The number of nitrogens with zero attached hydrogens (tertiary/aromatic N) is 1. The van der Waals surface area contributed by atoms with E-state index >= 15 is 0 Å². The van der Waals surface area contributed by atoms with Gasteiger partial charge >= 0.3 is 5.97 Å². The second kappa shape index (κ2) is 9.03. The Morgan fingerprint density at radius 1 is 1.03 bits per heavy atom. The van der Waals surface area contributed by atoms with Crippen molar-refractivity contribution < 1.29 is 23.5 Å². The maximum Gasteiger partial charge on any atom is 0.341 e.